The fourth-order valence-electron chi connectivity index (χ4n) is 1.86. The van der Waals surface area contributed by atoms with Crippen LogP contribution in [0.3, 0.4) is 0 Å². The molecule has 2 N–H and O–H groups in total. The largest absolute Gasteiger partial charge is 0.484 e. The smallest absolute Gasteiger partial charge is 0.255 e. The van der Waals surface area contributed by atoms with Crippen LogP contribution in [0.15, 0.2) is 64.4 Å². The number of nitriles is 1. The zero-order valence-electron chi connectivity index (χ0n) is 12.5. The average Bonchev–Trinajstić information content (AvgIpc) is 2.59. The fraction of sp³-hybridized carbons (Fsp3) is 0.0588. The maximum atomic E-state index is 12.4. The second kappa shape index (κ2) is 7.44. The molecule has 0 atom stereocenters. The van der Waals surface area contributed by atoms with Crippen LogP contribution < -0.4 is 10.5 Å². The Bertz CT molecular complexity index is 896. The maximum Gasteiger partial charge on any atom is 0.255 e. The molecule has 0 aliphatic rings. The lowest BCUT2D eigenvalue weighted by Crippen LogP contribution is -2.19. The molecule has 122 valence electrons. The van der Waals surface area contributed by atoms with Crippen molar-refractivity contribution in [3.05, 3.63) is 65.1 Å². The molecule has 0 fully saturated rings. The van der Waals surface area contributed by atoms with Gasteiger partial charge in [-0.05, 0) is 35.9 Å². The summed E-state index contributed by atoms with van der Waals surface area (Å²) in [7, 11) is -3.87. The maximum absolute atomic E-state index is 12.4. The van der Waals surface area contributed by atoms with Crippen molar-refractivity contribution in [2.24, 2.45) is 5.73 Å². The Morgan fingerprint density at radius 2 is 1.75 bits per heavy atom. The number of benzene rings is 2. The number of rotatable bonds is 6. The third-order valence-corrected chi connectivity index (χ3v) is 4.69. The second-order valence-corrected chi connectivity index (χ2v) is 6.68. The zero-order valence-corrected chi connectivity index (χ0v) is 13.4. The van der Waals surface area contributed by atoms with Crippen LogP contribution in [0, 0.1) is 11.3 Å². The van der Waals surface area contributed by atoms with E-state index < -0.39 is 15.7 Å². The predicted octanol–water partition coefficient (Wildman–Crippen LogP) is 1.89. The monoisotopic (exact) mass is 342 g/mol. The molecule has 24 heavy (non-hydrogen) atoms. The van der Waals surface area contributed by atoms with Gasteiger partial charge in [0.25, 0.3) is 5.91 Å². The number of hydrogen-bond acceptors (Lipinski definition) is 5. The molecule has 7 heteroatoms. The molecule has 2 aromatic carbocycles. The quantitative estimate of drug-likeness (QED) is 0.806. The minimum atomic E-state index is -3.87. The number of ether oxygens (including phenoxy) is 1. The fourth-order valence-corrected chi connectivity index (χ4v) is 3.04. The predicted molar refractivity (Wildman–Crippen MR) is 88.3 cm³/mol. The normalized spacial score (nSPS) is 11.5. The standard InChI is InChI=1S/C17H14N2O4S/c18-11-16(24(21,22)15-4-2-1-3-5-15)10-13-6-8-14(9-7-13)23-12-17(19)20/h1-10H,12H2,(H2,19,20). The molecule has 0 saturated carbocycles. The van der Waals surface area contributed by atoms with Gasteiger partial charge >= 0.3 is 0 Å². The van der Waals surface area contributed by atoms with Crippen LogP contribution in [-0.2, 0) is 14.6 Å². The van der Waals surface area contributed by atoms with Crippen molar-refractivity contribution < 1.29 is 17.9 Å². The molecule has 0 heterocycles. The minimum Gasteiger partial charge on any atom is -0.484 e. The van der Waals surface area contributed by atoms with Crippen molar-refractivity contribution in [1.29, 1.82) is 5.26 Å². The molecule has 1 amide bonds. The van der Waals surface area contributed by atoms with Gasteiger partial charge in [0.1, 0.15) is 16.7 Å². The summed E-state index contributed by atoms with van der Waals surface area (Å²) in [6.45, 7) is -0.249. The van der Waals surface area contributed by atoms with Crippen molar-refractivity contribution in [2.75, 3.05) is 6.61 Å². The summed E-state index contributed by atoms with van der Waals surface area (Å²) < 4.78 is 30.0. The van der Waals surface area contributed by atoms with Gasteiger partial charge in [0.15, 0.2) is 6.61 Å². The van der Waals surface area contributed by atoms with Crippen molar-refractivity contribution >= 4 is 21.8 Å². The van der Waals surface area contributed by atoms with Crippen LogP contribution in [0.2, 0.25) is 0 Å². The first kappa shape index (κ1) is 17.2. The van der Waals surface area contributed by atoms with Crippen LogP contribution in [-0.4, -0.2) is 20.9 Å². The summed E-state index contributed by atoms with van der Waals surface area (Å²) in [6, 6.07) is 15.7. The van der Waals surface area contributed by atoms with E-state index in [-0.39, 0.29) is 16.4 Å². The van der Waals surface area contributed by atoms with Gasteiger partial charge in [-0.1, -0.05) is 30.3 Å². The topological polar surface area (TPSA) is 110 Å². The van der Waals surface area contributed by atoms with Crippen molar-refractivity contribution in [1.82, 2.24) is 0 Å². The van der Waals surface area contributed by atoms with Gasteiger partial charge in [-0.15, -0.1) is 0 Å². The van der Waals surface area contributed by atoms with E-state index in [1.54, 1.807) is 48.5 Å². The lowest BCUT2D eigenvalue weighted by Gasteiger charge is -2.05. The Kier molecular flexibility index (Phi) is 5.35. The summed E-state index contributed by atoms with van der Waals surface area (Å²) >= 11 is 0. The van der Waals surface area contributed by atoms with Crippen LogP contribution >= 0.6 is 0 Å². The molecule has 0 unspecified atom stereocenters. The van der Waals surface area contributed by atoms with Crippen LogP contribution in [0.5, 0.6) is 5.75 Å². The third-order valence-electron chi connectivity index (χ3n) is 3.01. The van der Waals surface area contributed by atoms with Gasteiger partial charge in [-0.3, -0.25) is 4.79 Å². The molecule has 0 spiro atoms. The van der Waals surface area contributed by atoms with Crippen LogP contribution in [0.4, 0.5) is 0 Å². The number of hydrogen-bond donors (Lipinski definition) is 1. The summed E-state index contributed by atoms with van der Waals surface area (Å²) in [5, 5.41) is 9.21. The van der Waals surface area contributed by atoms with E-state index in [9.17, 15) is 18.5 Å². The van der Waals surface area contributed by atoms with Crippen molar-refractivity contribution in [3.8, 4) is 11.8 Å². The van der Waals surface area contributed by atoms with Gasteiger partial charge in [-0.2, -0.15) is 5.26 Å². The lowest BCUT2D eigenvalue weighted by atomic mass is 10.2. The highest BCUT2D eigenvalue weighted by Crippen LogP contribution is 2.22. The van der Waals surface area contributed by atoms with Gasteiger partial charge in [0.05, 0.1) is 4.90 Å². The number of allylic oxidation sites excluding steroid dienone is 1. The molecule has 0 saturated heterocycles. The lowest BCUT2D eigenvalue weighted by molar-refractivity contribution is -0.119. The third kappa shape index (κ3) is 4.21. The minimum absolute atomic E-state index is 0.0548. The molecule has 6 nitrogen and oxygen atoms in total. The number of amides is 1. The highest BCUT2D eigenvalue weighted by Gasteiger charge is 2.20. The van der Waals surface area contributed by atoms with Gasteiger partial charge in [0, 0.05) is 0 Å². The number of nitrogens with zero attached hydrogens (tertiary/aromatic N) is 1. The Balaban J connectivity index is 2.28. The van der Waals surface area contributed by atoms with E-state index in [2.05, 4.69) is 0 Å². The highest BCUT2D eigenvalue weighted by atomic mass is 32.2. The van der Waals surface area contributed by atoms with Gasteiger partial charge < -0.3 is 10.5 Å². The Morgan fingerprint density at radius 3 is 2.29 bits per heavy atom. The molecular weight excluding hydrogens is 328 g/mol. The number of carbonyl (C=O) groups excluding carboxylic acids is 1. The van der Waals surface area contributed by atoms with E-state index >= 15 is 0 Å². The first-order valence-corrected chi connectivity index (χ1v) is 8.35. The molecule has 0 radical (unpaired) electrons. The number of carbonyl (C=O) groups is 1. The number of nitrogens with two attached hydrogens (primary N) is 1. The highest BCUT2D eigenvalue weighted by molar-refractivity contribution is 7.95. The Hall–Kier alpha value is -3.11. The van der Waals surface area contributed by atoms with Crippen molar-refractivity contribution in [3.63, 3.8) is 0 Å². The first-order chi connectivity index (χ1) is 11.4. The summed E-state index contributed by atoms with van der Waals surface area (Å²) in [6.07, 6.45) is 1.28. The zero-order chi connectivity index (χ0) is 17.6. The SMILES string of the molecule is N#CC(=Cc1ccc(OCC(N)=O)cc1)S(=O)(=O)c1ccccc1. The summed E-state index contributed by atoms with van der Waals surface area (Å²) in [5.41, 5.74) is 5.49. The Morgan fingerprint density at radius 1 is 1.12 bits per heavy atom. The molecule has 0 aliphatic heterocycles. The summed E-state index contributed by atoms with van der Waals surface area (Å²) in [4.78, 5) is 10.3. The van der Waals surface area contributed by atoms with E-state index in [0.29, 0.717) is 11.3 Å². The summed E-state index contributed by atoms with van der Waals surface area (Å²) in [5.74, 6) is -0.185. The molecule has 0 aliphatic carbocycles. The second-order valence-electron chi connectivity index (χ2n) is 4.76. The number of primary amides is 1. The van der Waals surface area contributed by atoms with Crippen LogP contribution in [0.25, 0.3) is 6.08 Å². The molecule has 0 bridgehead atoms. The molecule has 2 aromatic rings. The number of sulfone groups is 1. The average molecular weight is 342 g/mol. The Labute approximate surface area is 139 Å². The molecule has 2 rings (SSSR count). The van der Waals surface area contributed by atoms with E-state index in [1.807, 2.05) is 0 Å². The molecular formula is C17H14N2O4S. The van der Waals surface area contributed by atoms with E-state index in [0.717, 1.165) is 0 Å². The first-order valence-electron chi connectivity index (χ1n) is 6.86. The molecule has 0 aromatic heterocycles. The van der Waals surface area contributed by atoms with E-state index in [4.69, 9.17) is 10.5 Å². The van der Waals surface area contributed by atoms with Crippen molar-refractivity contribution in [2.45, 2.75) is 4.90 Å². The van der Waals surface area contributed by atoms with E-state index in [1.165, 1.54) is 18.2 Å². The van der Waals surface area contributed by atoms with Crippen LogP contribution in [0.1, 0.15) is 5.56 Å². The van der Waals surface area contributed by atoms with Gasteiger partial charge in [0.2, 0.25) is 9.84 Å². The van der Waals surface area contributed by atoms with Gasteiger partial charge in [-0.25, -0.2) is 8.42 Å².